The topological polar surface area (TPSA) is 71.5 Å². The number of carbonyl (C=O) groups excluding carboxylic acids is 2. The molecule has 1 atom stereocenters. The molecule has 0 radical (unpaired) electrons. The summed E-state index contributed by atoms with van der Waals surface area (Å²) in [5, 5.41) is 6.52. The highest BCUT2D eigenvalue weighted by Gasteiger charge is 2.43. The lowest BCUT2D eigenvalue weighted by Crippen LogP contribution is -2.58. The number of benzene rings is 1. The number of amidine groups is 1. The van der Waals surface area contributed by atoms with Gasteiger partial charge in [0.15, 0.2) is 0 Å². The van der Waals surface area contributed by atoms with Crippen LogP contribution in [0.5, 0.6) is 0 Å². The summed E-state index contributed by atoms with van der Waals surface area (Å²) < 4.78 is 0. The summed E-state index contributed by atoms with van der Waals surface area (Å²) in [5.41, 5.74) is 7.86. The lowest BCUT2D eigenvalue weighted by molar-refractivity contribution is -0.131. The average molecular weight is 495 g/mol. The number of amides is 2. The molecule has 1 saturated heterocycles. The van der Waals surface area contributed by atoms with E-state index in [9.17, 15) is 9.59 Å². The zero-order valence-corrected chi connectivity index (χ0v) is 21.6. The Bertz CT molecular complexity index is 1140. The Hall–Kier alpha value is -3.07. The maximum absolute atomic E-state index is 13.1. The van der Waals surface area contributed by atoms with Gasteiger partial charge in [0.25, 0.3) is 5.91 Å². The second-order valence-electron chi connectivity index (χ2n) is 9.55. The molecule has 0 saturated carbocycles. The van der Waals surface area contributed by atoms with Crippen LogP contribution < -0.4 is 15.2 Å². The molecule has 0 spiro atoms. The Labute approximate surface area is 211 Å². The Morgan fingerprint density at radius 3 is 2.71 bits per heavy atom. The minimum absolute atomic E-state index is 0.0615. The van der Waals surface area contributed by atoms with Crippen molar-refractivity contribution in [1.82, 2.24) is 15.2 Å². The van der Waals surface area contributed by atoms with Crippen LogP contribution in [0.4, 0.5) is 11.4 Å². The minimum atomic E-state index is -0.303. The summed E-state index contributed by atoms with van der Waals surface area (Å²) in [6.07, 6.45) is 2.62. The van der Waals surface area contributed by atoms with Gasteiger partial charge in [-0.25, -0.2) is 0 Å². The van der Waals surface area contributed by atoms with Gasteiger partial charge in [-0.2, -0.15) is 5.10 Å². The number of hydrogen-bond acceptors (Lipinski definition) is 7. The first-order valence-electron chi connectivity index (χ1n) is 12.6. The van der Waals surface area contributed by atoms with Crippen LogP contribution in [0.15, 0.2) is 34.7 Å². The summed E-state index contributed by atoms with van der Waals surface area (Å²) in [5.74, 6) is 1.05. The van der Waals surface area contributed by atoms with Crippen LogP contribution in [0.25, 0.3) is 0 Å². The van der Waals surface area contributed by atoms with Crippen LogP contribution in [0, 0.1) is 13.8 Å². The molecule has 1 unspecified atom stereocenters. The number of unbranched alkanes of at least 4 members (excludes halogenated alkanes) is 1. The fraction of sp³-hybridized carbons (Fsp3) is 0.500. The number of piperazine rings is 1. The van der Waals surface area contributed by atoms with Gasteiger partial charge >= 0.3 is 0 Å². The number of thiophene rings is 1. The van der Waals surface area contributed by atoms with E-state index in [1.807, 2.05) is 21.2 Å². The van der Waals surface area contributed by atoms with Crippen molar-refractivity contribution in [3.05, 3.63) is 45.6 Å². The number of nitrogens with zero attached hydrogens (tertiary/aromatic N) is 5. The first-order chi connectivity index (χ1) is 17.0. The van der Waals surface area contributed by atoms with Crippen LogP contribution in [0.2, 0.25) is 0 Å². The number of anilines is 2. The van der Waals surface area contributed by atoms with Crippen LogP contribution in [0.3, 0.4) is 0 Å². The molecule has 2 aromatic rings. The third kappa shape index (κ3) is 4.49. The zero-order chi connectivity index (χ0) is 24.5. The highest BCUT2D eigenvalue weighted by atomic mass is 32.1. The third-order valence-corrected chi connectivity index (χ3v) is 8.03. The largest absolute Gasteiger partial charge is 0.368 e. The molecule has 4 heterocycles. The highest BCUT2D eigenvalue weighted by Crippen LogP contribution is 2.37. The van der Waals surface area contributed by atoms with E-state index in [0.717, 1.165) is 55.4 Å². The van der Waals surface area contributed by atoms with Gasteiger partial charge in [0, 0.05) is 51.3 Å². The fourth-order valence-electron chi connectivity index (χ4n) is 5.12. The lowest BCUT2D eigenvalue weighted by Gasteiger charge is -2.40. The summed E-state index contributed by atoms with van der Waals surface area (Å²) in [6, 6.07) is 8.53. The fourth-order valence-corrected chi connectivity index (χ4v) is 5.96. The molecule has 1 N–H and O–H groups in total. The first kappa shape index (κ1) is 23.7. The van der Waals surface area contributed by atoms with Crippen molar-refractivity contribution in [3.63, 3.8) is 0 Å². The van der Waals surface area contributed by atoms with Crippen LogP contribution >= 0.6 is 11.3 Å². The Morgan fingerprint density at radius 1 is 1.14 bits per heavy atom. The van der Waals surface area contributed by atoms with Gasteiger partial charge < -0.3 is 9.80 Å². The summed E-state index contributed by atoms with van der Waals surface area (Å²) in [7, 11) is 0. The molecular formula is C26H34N6O2S. The first-order valence-corrected chi connectivity index (χ1v) is 13.5. The number of carbonyl (C=O) groups is 2. The van der Waals surface area contributed by atoms with Crippen molar-refractivity contribution in [2.24, 2.45) is 5.10 Å². The van der Waals surface area contributed by atoms with Crippen molar-refractivity contribution in [2.75, 3.05) is 42.5 Å². The van der Waals surface area contributed by atoms with Crippen LogP contribution in [-0.4, -0.2) is 66.5 Å². The molecule has 2 amide bonds. The predicted octanol–water partition coefficient (Wildman–Crippen LogP) is 3.76. The van der Waals surface area contributed by atoms with Crippen LogP contribution in [-0.2, 0) is 4.79 Å². The molecule has 9 heteroatoms. The highest BCUT2D eigenvalue weighted by molar-refractivity contribution is 7.12. The SMILES string of the molecule is CCCCN1C(=O)c2sccc2N2C(CCC(=O)N3CCN(c4cc(C)ccc4C)CC3)=NNC12. The number of nitrogens with one attached hydrogen (secondary N) is 1. The minimum Gasteiger partial charge on any atom is -0.368 e. The molecule has 5 rings (SSSR count). The monoisotopic (exact) mass is 494 g/mol. The maximum Gasteiger partial charge on any atom is 0.269 e. The molecular weight excluding hydrogens is 460 g/mol. The quantitative estimate of drug-likeness (QED) is 0.635. The van der Waals surface area contributed by atoms with E-state index in [4.69, 9.17) is 0 Å². The van der Waals surface area contributed by atoms with E-state index in [1.165, 1.54) is 28.2 Å². The summed E-state index contributed by atoms with van der Waals surface area (Å²) in [4.78, 5) is 35.2. The molecule has 0 bridgehead atoms. The summed E-state index contributed by atoms with van der Waals surface area (Å²) >= 11 is 1.47. The van der Waals surface area contributed by atoms with Crippen molar-refractivity contribution in [2.45, 2.75) is 52.7 Å². The predicted molar refractivity (Wildman–Crippen MR) is 141 cm³/mol. The molecule has 3 aliphatic rings. The van der Waals surface area contributed by atoms with Gasteiger partial charge in [0.1, 0.15) is 10.7 Å². The maximum atomic E-state index is 13.1. The normalized spacial score (nSPS) is 19.5. The lowest BCUT2D eigenvalue weighted by atomic mass is 10.1. The van der Waals surface area contributed by atoms with Crippen LogP contribution in [0.1, 0.15) is 53.4 Å². The van der Waals surface area contributed by atoms with E-state index in [-0.39, 0.29) is 18.1 Å². The second-order valence-corrected chi connectivity index (χ2v) is 10.5. The van der Waals surface area contributed by atoms with Gasteiger partial charge in [-0.3, -0.25) is 24.8 Å². The molecule has 186 valence electrons. The van der Waals surface area contributed by atoms with E-state index in [2.05, 4.69) is 59.3 Å². The Balaban J connectivity index is 1.20. The number of hydrazone groups is 1. The van der Waals surface area contributed by atoms with E-state index < -0.39 is 0 Å². The van der Waals surface area contributed by atoms with Gasteiger partial charge in [-0.15, -0.1) is 11.3 Å². The molecule has 1 fully saturated rings. The Kier molecular flexibility index (Phi) is 6.69. The smallest absolute Gasteiger partial charge is 0.269 e. The molecule has 1 aromatic carbocycles. The number of hydrogen-bond donors (Lipinski definition) is 1. The average Bonchev–Trinajstić information content (AvgIpc) is 3.51. The molecule has 8 nitrogen and oxygen atoms in total. The van der Waals surface area contributed by atoms with Crippen molar-refractivity contribution in [3.8, 4) is 0 Å². The van der Waals surface area contributed by atoms with Crippen molar-refractivity contribution in [1.29, 1.82) is 0 Å². The molecule has 3 aliphatic heterocycles. The Morgan fingerprint density at radius 2 is 1.94 bits per heavy atom. The van der Waals surface area contributed by atoms with Gasteiger partial charge in [-0.1, -0.05) is 25.5 Å². The van der Waals surface area contributed by atoms with Crippen molar-refractivity contribution >= 4 is 40.4 Å². The second kappa shape index (κ2) is 9.89. The van der Waals surface area contributed by atoms with Gasteiger partial charge in [0.2, 0.25) is 12.2 Å². The molecule has 35 heavy (non-hydrogen) atoms. The summed E-state index contributed by atoms with van der Waals surface area (Å²) in [6.45, 7) is 10.2. The van der Waals surface area contributed by atoms with Gasteiger partial charge in [-0.05, 0) is 48.9 Å². The third-order valence-electron chi connectivity index (χ3n) is 7.14. The van der Waals surface area contributed by atoms with Crippen molar-refractivity contribution < 1.29 is 9.59 Å². The number of aryl methyl sites for hydroxylation is 2. The molecule has 0 aliphatic carbocycles. The van der Waals surface area contributed by atoms with E-state index in [1.54, 1.807) is 0 Å². The van der Waals surface area contributed by atoms with E-state index >= 15 is 0 Å². The molecule has 1 aromatic heterocycles. The zero-order valence-electron chi connectivity index (χ0n) is 20.8. The number of fused-ring (bicyclic) bond motifs is 3. The van der Waals surface area contributed by atoms with E-state index in [0.29, 0.717) is 19.4 Å². The number of rotatable bonds is 7. The van der Waals surface area contributed by atoms with Gasteiger partial charge in [0.05, 0.1) is 5.69 Å². The standard InChI is InChI=1S/C26H34N6O2S/c1-4-5-11-31-25(34)24-20(10-16-35-24)32-22(27-28-26(31)32)8-9-23(33)30-14-12-29(13-15-30)21-17-18(2)6-7-19(21)3/h6-7,10,16-17,26,28H,4-5,8-9,11-15H2,1-3H3.